The molecular formula is C13H19N3O. The van der Waals surface area contributed by atoms with E-state index in [0.29, 0.717) is 12.5 Å². The normalized spacial score (nSPS) is 19.6. The van der Waals surface area contributed by atoms with E-state index in [2.05, 4.69) is 17.1 Å². The molecule has 0 radical (unpaired) electrons. The number of hydrogen-bond donors (Lipinski definition) is 1. The topological polar surface area (TPSA) is 50.9 Å². The summed E-state index contributed by atoms with van der Waals surface area (Å²) < 4.78 is 5.69. The van der Waals surface area contributed by atoms with Crippen molar-refractivity contribution in [3.8, 4) is 5.75 Å². The first-order chi connectivity index (χ1) is 8.08. The molecule has 0 amide bonds. The molecule has 4 nitrogen and oxygen atoms in total. The molecule has 0 saturated carbocycles. The Hall–Kier alpha value is -1.71. The Balaban J connectivity index is 2.17. The van der Waals surface area contributed by atoms with Crippen LogP contribution in [0.4, 0.5) is 0 Å². The number of hydrogen-bond acceptors (Lipinski definition) is 4. The molecule has 4 heteroatoms. The monoisotopic (exact) mass is 233 g/mol. The number of rotatable bonds is 3. The molecule has 17 heavy (non-hydrogen) atoms. The summed E-state index contributed by atoms with van der Waals surface area (Å²) in [7, 11) is 1.96. The van der Waals surface area contributed by atoms with Crippen LogP contribution >= 0.6 is 0 Å². The molecule has 1 aliphatic heterocycles. The Labute approximate surface area is 102 Å². The average Bonchev–Trinajstić information content (AvgIpc) is 2.59. The van der Waals surface area contributed by atoms with E-state index in [4.69, 9.17) is 10.5 Å². The maximum atomic E-state index is 5.77. The number of likely N-dealkylation sites (N-methyl/N-ethyl adjacent to an activating group) is 1. The quantitative estimate of drug-likeness (QED) is 0.865. The van der Waals surface area contributed by atoms with Crippen molar-refractivity contribution in [1.82, 2.24) is 4.90 Å². The lowest BCUT2D eigenvalue weighted by Gasteiger charge is -2.22. The van der Waals surface area contributed by atoms with Crippen LogP contribution in [0.5, 0.6) is 5.75 Å². The van der Waals surface area contributed by atoms with Crippen molar-refractivity contribution in [3.63, 3.8) is 0 Å². The fourth-order valence-corrected chi connectivity index (χ4v) is 1.97. The Kier molecular flexibility index (Phi) is 3.22. The van der Waals surface area contributed by atoms with Crippen molar-refractivity contribution in [1.29, 1.82) is 0 Å². The minimum atomic E-state index is 0.188. The molecule has 1 unspecified atom stereocenters. The molecule has 0 fully saturated rings. The third kappa shape index (κ3) is 2.52. The summed E-state index contributed by atoms with van der Waals surface area (Å²) in [4.78, 5) is 6.24. The zero-order chi connectivity index (χ0) is 12.4. The van der Waals surface area contributed by atoms with Gasteiger partial charge in [0.25, 0.3) is 0 Å². The average molecular weight is 233 g/mol. The number of guanidine groups is 1. The summed E-state index contributed by atoms with van der Waals surface area (Å²) >= 11 is 0. The van der Waals surface area contributed by atoms with Crippen LogP contribution in [0.15, 0.2) is 29.3 Å². The van der Waals surface area contributed by atoms with Crippen molar-refractivity contribution < 1.29 is 4.74 Å². The number of aliphatic imine (C=N–C) groups is 1. The third-order valence-electron chi connectivity index (χ3n) is 2.87. The van der Waals surface area contributed by atoms with E-state index in [1.807, 2.05) is 37.9 Å². The fourth-order valence-electron chi connectivity index (χ4n) is 1.97. The number of nitrogens with two attached hydrogens (primary N) is 1. The van der Waals surface area contributed by atoms with E-state index in [1.165, 1.54) is 5.56 Å². The Bertz CT molecular complexity index is 428. The van der Waals surface area contributed by atoms with Gasteiger partial charge >= 0.3 is 0 Å². The van der Waals surface area contributed by atoms with Gasteiger partial charge in [-0.1, -0.05) is 12.1 Å². The highest BCUT2D eigenvalue weighted by Gasteiger charge is 2.24. The van der Waals surface area contributed by atoms with Crippen LogP contribution in [-0.2, 0) is 0 Å². The molecule has 0 saturated heterocycles. The molecule has 1 atom stereocenters. The van der Waals surface area contributed by atoms with E-state index < -0.39 is 0 Å². The fraction of sp³-hybridized carbons (Fsp3) is 0.462. The SMILES string of the molecule is CC(C)Oc1cccc(C2CN=C(N)N2C)c1. The summed E-state index contributed by atoms with van der Waals surface area (Å²) in [5.41, 5.74) is 6.96. The van der Waals surface area contributed by atoms with Gasteiger partial charge in [-0.05, 0) is 31.5 Å². The highest BCUT2D eigenvalue weighted by atomic mass is 16.5. The molecule has 0 aromatic heterocycles. The van der Waals surface area contributed by atoms with Gasteiger partial charge in [0.1, 0.15) is 5.75 Å². The Morgan fingerprint density at radius 3 is 2.82 bits per heavy atom. The number of nitrogens with zero attached hydrogens (tertiary/aromatic N) is 2. The van der Waals surface area contributed by atoms with Gasteiger partial charge in [-0.25, -0.2) is 0 Å². The van der Waals surface area contributed by atoms with Crippen LogP contribution in [0.1, 0.15) is 25.5 Å². The van der Waals surface area contributed by atoms with Gasteiger partial charge in [-0.2, -0.15) is 0 Å². The summed E-state index contributed by atoms with van der Waals surface area (Å²) in [6.07, 6.45) is 0.188. The molecule has 1 aromatic carbocycles. The van der Waals surface area contributed by atoms with Gasteiger partial charge < -0.3 is 15.4 Å². The van der Waals surface area contributed by atoms with Gasteiger partial charge in [0.05, 0.1) is 18.7 Å². The number of benzene rings is 1. The number of ether oxygens (including phenoxy) is 1. The van der Waals surface area contributed by atoms with Gasteiger partial charge in [0.15, 0.2) is 5.96 Å². The molecular weight excluding hydrogens is 214 g/mol. The van der Waals surface area contributed by atoms with Gasteiger partial charge in [0, 0.05) is 7.05 Å². The van der Waals surface area contributed by atoms with E-state index >= 15 is 0 Å². The largest absolute Gasteiger partial charge is 0.491 e. The molecule has 2 rings (SSSR count). The zero-order valence-corrected chi connectivity index (χ0v) is 10.6. The van der Waals surface area contributed by atoms with Crippen molar-refractivity contribution in [2.75, 3.05) is 13.6 Å². The predicted octanol–water partition coefficient (Wildman–Crippen LogP) is 1.77. The first-order valence-corrected chi connectivity index (χ1v) is 5.87. The van der Waals surface area contributed by atoms with Crippen LogP contribution in [0.3, 0.4) is 0 Å². The zero-order valence-electron chi connectivity index (χ0n) is 10.6. The lowest BCUT2D eigenvalue weighted by atomic mass is 10.1. The van der Waals surface area contributed by atoms with Gasteiger partial charge in [0.2, 0.25) is 0 Å². The molecule has 0 aliphatic carbocycles. The molecule has 2 N–H and O–H groups in total. The summed E-state index contributed by atoms with van der Waals surface area (Å²) in [5.74, 6) is 1.50. The molecule has 1 heterocycles. The van der Waals surface area contributed by atoms with Crippen molar-refractivity contribution >= 4 is 5.96 Å². The second-order valence-corrected chi connectivity index (χ2v) is 4.56. The second kappa shape index (κ2) is 4.65. The molecule has 0 spiro atoms. The van der Waals surface area contributed by atoms with E-state index in [9.17, 15) is 0 Å². The summed E-state index contributed by atoms with van der Waals surface area (Å²) in [6, 6.07) is 8.36. The van der Waals surface area contributed by atoms with Crippen LogP contribution in [0.25, 0.3) is 0 Å². The Morgan fingerprint density at radius 2 is 2.24 bits per heavy atom. The molecule has 1 aliphatic rings. The van der Waals surface area contributed by atoms with Crippen LogP contribution < -0.4 is 10.5 Å². The Morgan fingerprint density at radius 1 is 1.47 bits per heavy atom. The van der Waals surface area contributed by atoms with Gasteiger partial charge in [-0.3, -0.25) is 4.99 Å². The lowest BCUT2D eigenvalue weighted by molar-refractivity contribution is 0.241. The van der Waals surface area contributed by atoms with Crippen molar-refractivity contribution in [3.05, 3.63) is 29.8 Å². The van der Waals surface area contributed by atoms with Crippen LogP contribution in [0, 0.1) is 0 Å². The first kappa shape index (κ1) is 11.8. The lowest BCUT2D eigenvalue weighted by Crippen LogP contribution is -2.32. The molecule has 0 bridgehead atoms. The van der Waals surface area contributed by atoms with Crippen LogP contribution in [0.2, 0.25) is 0 Å². The summed E-state index contributed by atoms with van der Waals surface area (Å²) in [6.45, 7) is 4.76. The van der Waals surface area contributed by atoms with Crippen LogP contribution in [-0.4, -0.2) is 30.6 Å². The third-order valence-corrected chi connectivity index (χ3v) is 2.87. The van der Waals surface area contributed by atoms with Crippen molar-refractivity contribution in [2.24, 2.45) is 10.7 Å². The molecule has 92 valence electrons. The highest BCUT2D eigenvalue weighted by molar-refractivity contribution is 5.80. The summed E-state index contributed by atoms with van der Waals surface area (Å²) in [5, 5.41) is 0. The highest BCUT2D eigenvalue weighted by Crippen LogP contribution is 2.26. The predicted molar refractivity (Wildman–Crippen MR) is 69.2 cm³/mol. The minimum Gasteiger partial charge on any atom is -0.491 e. The molecule has 1 aromatic rings. The maximum Gasteiger partial charge on any atom is 0.191 e. The van der Waals surface area contributed by atoms with E-state index in [1.54, 1.807) is 0 Å². The van der Waals surface area contributed by atoms with Gasteiger partial charge in [-0.15, -0.1) is 0 Å². The standard InChI is InChI=1S/C13H19N3O/c1-9(2)17-11-6-4-5-10(7-11)12-8-15-13(14)16(12)3/h4-7,9,12H,8H2,1-3H3,(H2,14,15). The van der Waals surface area contributed by atoms with E-state index in [0.717, 1.165) is 5.75 Å². The van der Waals surface area contributed by atoms with E-state index in [-0.39, 0.29) is 12.1 Å². The maximum absolute atomic E-state index is 5.77. The smallest absolute Gasteiger partial charge is 0.191 e. The second-order valence-electron chi connectivity index (χ2n) is 4.56. The first-order valence-electron chi connectivity index (χ1n) is 5.87. The van der Waals surface area contributed by atoms with Crippen molar-refractivity contribution in [2.45, 2.75) is 26.0 Å². The minimum absolute atomic E-state index is 0.188.